The van der Waals surface area contributed by atoms with Crippen molar-refractivity contribution in [3.8, 4) is 11.5 Å². The van der Waals surface area contributed by atoms with Gasteiger partial charge in [-0.05, 0) is 30.7 Å². The molecule has 0 N–H and O–H groups in total. The average Bonchev–Trinajstić information content (AvgIpc) is 2.38. The zero-order chi connectivity index (χ0) is 12.5. The van der Waals surface area contributed by atoms with Crippen LogP contribution in [-0.4, -0.2) is 26.6 Å². The largest absolute Gasteiger partial charge is 0.496 e. The minimum Gasteiger partial charge on any atom is -0.496 e. The summed E-state index contributed by atoms with van der Waals surface area (Å²) in [5.41, 5.74) is 0. The third kappa shape index (κ3) is 4.86. The van der Waals surface area contributed by atoms with Gasteiger partial charge in [-0.3, -0.25) is 4.39 Å². The lowest BCUT2D eigenvalue weighted by Crippen LogP contribution is -1.90. The van der Waals surface area contributed by atoms with Crippen molar-refractivity contribution in [1.29, 1.82) is 0 Å². The molecule has 0 spiro atoms. The Morgan fingerprint density at radius 1 is 1.24 bits per heavy atom. The molecule has 2 nitrogen and oxygen atoms in total. The molecule has 0 aliphatic heterocycles. The topological polar surface area (TPSA) is 18.5 Å². The molecule has 95 valence electrons. The Morgan fingerprint density at radius 2 is 2.06 bits per heavy atom. The van der Waals surface area contributed by atoms with Crippen molar-refractivity contribution in [2.45, 2.75) is 24.2 Å². The molecule has 4 heteroatoms. The molecule has 0 atom stereocenters. The molecule has 0 fully saturated rings. The van der Waals surface area contributed by atoms with Crippen LogP contribution >= 0.6 is 11.8 Å². The molecule has 0 aliphatic carbocycles. The summed E-state index contributed by atoms with van der Waals surface area (Å²) in [7, 11) is 3.26. The zero-order valence-electron chi connectivity index (χ0n) is 10.3. The summed E-state index contributed by atoms with van der Waals surface area (Å²) in [6.45, 7) is -0.220. The predicted molar refractivity (Wildman–Crippen MR) is 68.9 cm³/mol. The molecule has 0 bridgehead atoms. The maximum atomic E-state index is 11.9. The highest BCUT2D eigenvalue weighted by molar-refractivity contribution is 7.99. The Morgan fingerprint density at radius 3 is 2.71 bits per heavy atom. The summed E-state index contributed by atoms with van der Waals surface area (Å²) in [5.74, 6) is 2.47. The number of alkyl halides is 1. The van der Waals surface area contributed by atoms with E-state index < -0.39 is 0 Å². The fourth-order valence-electron chi connectivity index (χ4n) is 1.39. The number of thioether (sulfide) groups is 1. The molecule has 1 aromatic rings. The monoisotopic (exact) mass is 257 g/mol. The molecule has 1 aromatic carbocycles. The molecule has 17 heavy (non-hydrogen) atoms. The molecular weight excluding hydrogens is 239 g/mol. The first-order valence-electron chi connectivity index (χ1n) is 5.64. The molecule has 0 aromatic heterocycles. The molecule has 1 radical (unpaired) electrons. The van der Waals surface area contributed by atoms with Gasteiger partial charge in [0.25, 0.3) is 0 Å². The van der Waals surface area contributed by atoms with Crippen LogP contribution in [0, 0.1) is 6.07 Å². The van der Waals surface area contributed by atoms with E-state index in [0.29, 0.717) is 12.2 Å². The predicted octanol–water partition coefficient (Wildman–Crippen LogP) is 3.74. The van der Waals surface area contributed by atoms with Gasteiger partial charge < -0.3 is 9.47 Å². The number of halogens is 1. The second-order valence-corrected chi connectivity index (χ2v) is 4.67. The lowest BCUT2D eigenvalue weighted by Gasteiger charge is -2.09. The number of ether oxygens (including phenoxy) is 2. The van der Waals surface area contributed by atoms with Crippen LogP contribution in [0.5, 0.6) is 11.5 Å². The number of hydrogen-bond acceptors (Lipinski definition) is 3. The van der Waals surface area contributed by atoms with Crippen LogP contribution < -0.4 is 9.47 Å². The summed E-state index contributed by atoms with van der Waals surface area (Å²) in [6, 6.07) is 6.67. The zero-order valence-corrected chi connectivity index (χ0v) is 11.1. The van der Waals surface area contributed by atoms with Gasteiger partial charge in [0.15, 0.2) is 0 Å². The molecule has 0 amide bonds. The summed E-state index contributed by atoms with van der Waals surface area (Å²) < 4.78 is 22.3. The van der Waals surface area contributed by atoms with E-state index in [2.05, 4.69) is 6.07 Å². The highest BCUT2D eigenvalue weighted by Crippen LogP contribution is 2.32. The number of benzene rings is 1. The highest BCUT2D eigenvalue weighted by atomic mass is 32.2. The third-order valence-corrected chi connectivity index (χ3v) is 3.45. The van der Waals surface area contributed by atoms with E-state index >= 15 is 0 Å². The van der Waals surface area contributed by atoms with Crippen molar-refractivity contribution < 1.29 is 13.9 Å². The minimum absolute atomic E-state index is 0.220. The van der Waals surface area contributed by atoms with E-state index in [1.54, 1.807) is 32.0 Å². The SMILES string of the molecule is COc1[c]cc(OC)c(SCCCCCF)c1. The lowest BCUT2D eigenvalue weighted by molar-refractivity contribution is 0.393. The number of methoxy groups -OCH3 is 2. The van der Waals surface area contributed by atoms with E-state index in [1.807, 2.05) is 6.07 Å². The van der Waals surface area contributed by atoms with Gasteiger partial charge in [0, 0.05) is 6.07 Å². The highest BCUT2D eigenvalue weighted by Gasteiger charge is 2.05. The Kier molecular flexibility index (Phi) is 6.86. The third-order valence-electron chi connectivity index (χ3n) is 2.33. The first kappa shape index (κ1) is 14.2. The smallest absolute Gasteiger partial charge is 0.133 e. The van der Waals surface area contributed by atoms with Gasteiger partial charge in [-0.15, -0.1) is 11.8 Å². The Bertz CT molecular complexity index is 331. The van der Waals surface area contributed by atoms with Gasteiger partial charge in [-0.25, -0.2) is 0 Å². The van der Waals surface area contributed by atoms with Crippen molar-refractivity contribution in [3.05, 3.63) is 18.2 Å². The van der Waals surface area contributed by atoms with Crippen molar-refractivity contribution in [2.75, 3.05) is 26.6 Å². The minimum atomic E-state index is -0.220. The average molecular weight is 257 g/mol. The number of unbranched alkanes of at least 4 members (excludes halogenated alkanes) is 2. The van der Waals surface area contributed by atoms with Crippen LogP contribution in [0.15, 0.2) is 17.0 Å². The van der Waals surface area contributed by atoms with Gasteiger partial charge in [-0.1, -0.05) is 6.42 Å². The molecule has 0 saturated carbocycles. The standard InChI is InChI=1S/C13H18FO2S/c1-15-11-6-7-12(16-2)13(10-11)17-9-5-3-4-8-14/h7,10H,3-5,8-9H2,1-2H3. The maximum absolute atomic E-state index is 11.9. The number of rotatable bonds is 8. The van der Waals surface area contributed by atoms with Gasteiger partial charge in [0.1, 0.15) is 11.5 Å². The maximum Gasteiger partial charge on any atom is 0.133 e. The van der Waals surface area contributed by atoms with Crippen molar-refractivity contribution >= 4 is 11.8 Å². The summed E-state index contributed by atoms with van der Waals surface area (Å²) >= 11 is 1.70. The van der Waals surface area contributed by atoms with Crippen LogP contribution in [0.25, 0.3) is 0 Å². The van der Waals surface area contributed by atoms with Crippen LogP contribution in [0.2, 0.25) is 0 Å². The normalized spacial score (nSPS) is 10.3. The molecule has 0 aliphatic rings. The van der Waals surface area contributed by atoms with E-state index in [1.165, 1.54) is 0 Å². The molecule has 1 rings (SSSR count). The Labute approximate surface area is 107 Å². The van der Waals surface area contributed by atoms with E-state index in [4.69, 9.17) is 9.47 Å². The summed E-state index contributed by atoms with van der Waals surface area (Å²) in [4.78, 5) is 1.04. The fourth-order valence-corrected chi connectivity index (χ4v) is 2.43. The van der Waals surface area contributed by atoms with Gasteiger partial charge in [0.2, 0.25) is 0 Å². The van der Waals surface area contributed by atoms with Gasteiger partial charge >= 0.3 is 0 Å². The molecular formula is C13H18FO2S. The van der Waals surface area contributed by atoms with Crippen LogP contribution in [0.1, 0.15) is 19.3 Å². The molecule has 0 unspecified atom stereocenters. The molecule has 0 saturated heterocycles. The van der Waals surface area contributed by atoms with Crippen molar-refractivity contribution in [1.82, 2.24) is 0 Å². The molecule has 0 heterocycles. The first-order valence-corrected chi connectivity index (χ1v) is 6.63. The lowest BCUT2D eigenvalue weighted by atomic mass is 10.3. The fraction of sp³-hybridized carbons (Fsp3) is 0.538. The van der Waals surface area contributed by atoms with E-state index in [-0.39, 0.29) is 6.67 Å². The van der Waals surface area contributed by atoms with Crippen LogP contribution in [0.3, 0.4) is 0 Å². The van der Waals surface area contributed by atoms with E-state index in [0.717, 1.165) is 29.2 Å². The van der Waals surface area contributed by atoms with Crippen LogP contribution in [-0.2, 0) is 0 Å². The Balaban J connectivity index is 2.49. The second-order valence-electron chi connectivity index (χ2n) is 3.53. The Hall–Kier alpha value is -0.900. The quantitative estimate of drug-likeness (QED) is 0.522. The first-order chi connectivity index (χ1) is 8.31. The van der Waals surface area contributed by atoms with Gasteiger partial charge in [-0.2, -0.15) is 0 Å². The summed E-state index contributed by atoms with van der Waals surface area (Å²) in [5, 5.41) is 0. The summed E-state index contributed by atoms with van der Waals surface area (Å²) in [6.07, 6.45) is 2.60. The van der Waals surface area contributed by atoms with Crippen LogP contribution in [0.4, 0.5) is 4.39 Å². The second kappa shape index (κ2) is 8.23. The van der Waals surface area contributed by atoms with Crippen molar-refractivity contribution in [2.24, 2.45) is 0 Å². The van der Waals surface area contributed by atoms with E-state index in [9.17, 15) is 4.39 Å². The van der Waals surface area contributed by atoms with Gasteiger partial charge in [0.05, 0.1) is 25.8 Å². The number of hydrogen-bond donors (Lipinski definition) is 0. The van der Waals surface area contributed by atoms with Crippen molar-refractivity contribution in [3.63, 3.8) is 0 Å².